The van der Waals surface area contributed by atoms with Crippen molar-refractivity contribution in [1.82, 2.24) is 14.5 Å². The SMILES string of the molecule is Cn1ccnc1-c1ccc(CN2C(=O)CN(C(=O)c3ccc(Cl)cc3)Cc3ccccc32)cc1. The van der Waals surface area contributed by atoms with Crippen molar-refractivity contribution in [3.63, 3.8) is 0 Å². The number of para-hydroxylation sites is 1. The van der Waals surface area contributed by atoms with Crippen LogP contribution in [0.1, 0.15) is 21.5 Å². The Bertz CT molecular complexity index is 1350. The van der Waals surface area contributed by atoms with Crippen LogP contribution in [0, 0.1) is 0 Å². The highest BCUT2D eigenvalue weighted by atomic mass is 35.5. The molecule has 0 spiro atoms. The number of benzene rings is 3. The Balaban J connectivity index is 1.41. The predicted molar refractivity (Wildman–Crippen MR) is 132 cm³/mol. The van der Waals surface area contributed by atoms with E-state index in [0.29, 0.717) is 23.7 Å². The van der Waals surface area contributed by atoms with Gasteiger partial charge in [0, 0.05) is 47.8 Å². The number of nitrogens with zero attached hydrogens (tertiary/aromatic N) is 4. The van der Waals surface area contributed by atoms with Crippen molar-refractivity contribution in [3.8, 4) is 11.4 Å². The highest BCUT2D eigenvalue weighted by Crippen LogP contribution is 2.28. The van der Waals surface area contributed by atoms with Crippen LogP contribution in [0.5, 0.6) is 0 Å². The number of anilines is 1. The number of amides is 2. The number of hydrogen-bond donors (Lipinski definition) is 0. The molecule has 0 atom stereocenters. The maximum atomic E-state index is 13.4. The second-order valence-corrected chi connectivity index (χ2v) is 8.77. The Morgan fingerprint density at radius 1 is 0.971 bits per heavy atom. The summed E-state index contributed by atoms with van der Waals surface area (Å²) in [4.78, 5) is 34.3. The molecule has 0 fully saturated rings. The number of hydrogen-bond acceptors (Lipinski definition) is 3. The van der Waals surface area contributed by atoms with Crippen molar-refractivity contribution in [2.24, 2.45) is 7.05 Å². The first-order valence-electron chi connectivity index (χ1n) is 11.0. The van der Waals surface area contributed by atoms with Gasteiger partial charge in [0.2, 0.25) is 5.91 Å². The Kier molecular flexibility index (Phi) is 5.90. The van der Waals surface area contributed by atoms with E-state index in [1.54, 1.807) is 40.3 Å². The summed E-state index contributed by atoms with van der Waals surface area (Å²) < 4.78 is 1.97. The van der Waals surface area contributed by atoms with Crippen LogP contribution < -0.4 is 4.90 Å². The van der Waals surface area contributed by atoms with Crippen molar-refractivity contribution in [3.05, 3.63) is 107 Å². The molecule has 1 aliphatic rings. The average Bonchev–Trinajstić information content (AvgIpc) is 3.22. The molecule has 0 aliphatic carbocycles. The predicted octanol–water partition coefficient (Wildman–Crippen LogP) is 4.93. The summed E-state index contributed by atoms with van der Waals surface area (Å²) in [5.41, 5.74) is 4.28. The summed E-state index contributed by atoms with van der Waals surface area (Å²) >= 11 is 5.97. The molecular formula is C27H23ClN4O2. The van der Waals surface area contributed by atoms with Crippen LogP contribution in [0.4, 0.5) is 5.69 Å². The number of carbonyl (C=O) groups excluding carboxylic acids is 2. The molecule has 3 aromatic carbocycles. The molecule has 1 aliphatic heterocycles. The van der Waals surface area contributed by atoms with E-state index in [4.69, 9.17) is 11.6 Å². The van der Waals surface area contributed by atoms with Gasteiger partial charge in [0.05, 0.1) is 6.54 Å². The third kappa shape index (κ3) is 4.32. The molecule has 34 heavy (non-hydrogen) atoms. The molecule has 6 nitrogen and oxygen atoms in total. The fraction of sp³-hybridized carbons (Fsp3) is 0.148. The van der Waals surface area contributed by atoms with Crippen molar-refractivity contribution in [2.75, 3.05) is 11.4 Å². The molecule has 0 saturated heterocycles. The lowest BCUT2D eigenvalue weighted by Gasteiger charge is -2.23. The lowest BCUT2D eigenvalue weighted by atomic mass is 10.1. The lowest BCUT2D eigenvalue weighted by molar-refractivity contribution is -0.119. The number of rotatable bonds is 4. The molecule has 170 valence electrons. The molecule has 0 radical (unpaired) electrons. The Labute approximate surface area is 203 Å². The zero-order chi connectivity index (χ0) is 23.7. The van der Waals surface area contributed by atoms with Crippen LogP contribution in [0.3, 0.4) is 0 Å². The molecule has 2 heterocycles. The van der Waals surface area contributed by atoms with E-state index in [-0.39, 0.29) is 18.4 Å². The Morgan fingerprint density at radius 2 is 1.71 bits per heavy atom. The van der Waals surface area contributed by atoms with Gasteiger partial charge in [-0.2, -0.15) is 0 Å². The highest BCUT2D eigenvalue weighted by molar-refractivity contribution is 6.30. The van der Waals surface area contributed by atoms with Gasteiger partial charge in [-0.3, -0.25) is 9.59 Å². The first-order chi connectivity index (χ1) is 16.5. The van der Waals surface area contributed by atoms with E-state index < -0.39 is 0 Å². The maximum Gasteiger partial charge on any atom is 0.254 e. The molecule has 0 saturated carbocycles. The molecule has 0 unspecified atom stereocenters. The zero-order valence-electron chi connectivity index (χ0n) is 18.7. The summed E-state index contributed by atoms with van der Waals surface area (Å²) in [6.07, 6.45) is 3.68. The molecule has 5 rings (SSSR count). The molecule has 1 aromatic heterocycles. The minimum Gasteiger partial charge on any atom is -0.334 e. The van der Waals surface area contributed by atoms with E-state index in [2.05, 4.69) is 4.98 Å². The Morgan fingerprint density at radius 3 is 2.41 bits per heavy atom. The monoisotopic (exact) mass is 470 g/mol. The molecule has 0 bridgehead atoms. The van der Waals surface area contributed by atoms with Gasteiger partial charge in [-0.05, 0) is 41.5 Å². The van der Waals surface area contributed by atoms with Gasteiger partial charge in [-0.15, -0.1) is 0 Å². The fourth-order valence-electron chi connectivity index (χ4n) is 4.23. The molecule has 0 N–H and O–H groups in total. The van der Waals surface area contributed by atoms with Gasteiger partial charge >= 0.3 is 0 Å². The third-order valence-corrected chi connectivity index (χ3v) is 6.28. The minimum absolute atomic E-state index is 0.00148. The minimum atomic E-state index is -0.193. The maximum absolute atomic E-state index is 13.4. The van der Waals surface area contributed by atoms with Crippen molar-refractivity contribution in [2.45, 2.75) is 13.1 Å². The van der Waals surface area contributed by atoms with Crippen LogP contribution in [-0.4, -0.2) is 32.8 Å². The van der Waals surface area contributed by atoms with Crippen molar-refractivity contribution < 1.29 is 9.59 Å². The van der Waals surface area contributed by atoms with Gasteiger partial charge in [0.25, 0.3) is 5.91 Å². The largest absolute Gasteiger partial charge is 0.334 e. The smallest absolute Gasteiger partial charge is 0.254 e. The van der Waals surface area contributed by atoms with Crippen molar-refractivity contribution >= 4 is 29.1 Å². The van der Waals surface area contributed by atoms with Gasteiger partial charge in [-0.1, -0.05) is 54.1 Å². The summed E-state index contributed by atoms with van der Waals surface area (Å²) in [6.45, 7) is 0.777. The van der Waals surface area contributed by atoms with E-state index in [9.17, 15) is 9.59 Å². The van der Waals surface area contributed by atoms with E-state index in [0.717, 1.165) is 28.2 Å². The number of carbonyl (C=O) groups is 2. The zero-order valence-corrected chi connectivity index (χ0v) is 19.4. The summed E-state index contributed by atoms with van der Waals surface area (Å²) in [5, 5.41) is 0.564. The summed E-state index contributed by atoms with van der Waals surface area (Å²) in [6, 6.07) is 22.6. The normalized spacial score (nSPS) is 13.5. The number of aryl methyl sites for hydroxylation is 1. The second kappa shape index (κ2) is 9.15. The van der Waals surface area contributed by atoms with Crippen LogP contribution in [0.25, 0.3) is 11.4 Å². The van der Waals surface area contributed by atoms with Crippen LogP contribution in [0.15, 0.2) is 85.2 Å². The first kappa shape index (κ1) is 21.9. The number of fused-ring (bicyclic) bond motifs is 1. The van der Waals surface area contributed by atoms with Gasteiger partial charge < -0.3 is 14.4 Å². The summed E-state index contributed by atoms with van der Waals surface area (Å²) in [7, 11) is 1.96. The van der Waals surface area contributed by atoms with Crippen LogP contribution in [-0.2, 0) is 24.9 Å². The summed E-state index contributed by atoms with van der Waals surface area (Å²) in [5.74, 6) is 0.570. The van der Waals surface area contributed by atoms with Gasteiger partial charge in [0.1, 0.15) is 12.4 Å². The number of imidazole rings is 1. The van der Waals surface area contributed by atoms with E-state index >= 15 is 0 Å². The van der Waals surface area contributed by atoms with E-state index in [1.165, 1.54) is 0 Å². The standard InChI is InChI=1S/C27H23ClN4O2/c1-30-15-14-29-26(30)20-8-6-19(7-9-20)16-32-24-5-3-2-4-22(24)17-31(18-25(32)33)27(34)21-10-12-23(28)13-11-21/h2-15H,16-18H2,1H3. The number of aromatic nitrogens is 2. The van der Waals surface area contributed by atoms with Crippen LogP contribution >= 0.6 is 11.6 Å². The molecule has 2 amide bonds. The van der Waals surface area contributed by atoms with Gasteiger partial charge in [0.15, 0.2) is 0 Å². The van der Waals surface area contributed by atoms with E-state index in [1.807, 2.05) is 66.3 Å². The molecule has 4 aromatic rings. The second-order valence-electron chi connectivity index (χ2n) is 8.34. The van der Waals surface area contributed by atoms with Gasteiger partial charge in [-0.25, -0.2) is 4.98 Å². The molecule has 7 heteroatoms. The topological polar surface area (TPSA) is 58.4 Å². The lowest BCUT2D eigenvalue weighted by Crippen LogP contribution is -2.39. The Hall–Kier alpha value is -3.90. The first-order valence-corrected chi connectivity index (χ1v) is 11.4. The average molecular weight is 471 g/mol. The molecular weight excluding hydrogens is 448 g/mol. The number of halogens is 1. The third-order valence-electron chi connectivity index (χ3n) is 6.02. The quantitative estimate of drug-likeness (QED) is 0.425. The highest BCUT2D eigenvalue weighted by Gasteiger charge is 2.29. The van der Waals surface area contributed by atoms with Crippen LogP contribution in [0.2, 0.25) is 5.02 Å². The van der Waals surface area contributed by atoms with Crippen molar-refractivity contribution in [1.29, 1.82) is 0 Å². The fourth-order valence-corrected chi connectivity index (χ4v) is 4.36.